The van der Waals surface area contributed by atoms with Gasteiger partial charge >= 0.3 is 0 Å². The van der Waals surface area contributed by atoms with Gasteiger partial charge in [-0.2, -0.15) is 0 Å². The highest BCUT2D eigenvalue weighted by Crippen LogP contribution is 2.25. The Morgan fingerprint density at radius 3 is 3.04 bits per heavy atom. The predicted molar refractivity (Wildman–Crippen MR) is 116 cm³/mol. The van der Waals surface area contributed by atoms with E-state index in [4.69, 9.17) is 16.3 Å². The number of benzene rings is 1. The van der Waals surface area contributed by atoms with Crippen LogP contribution in [0.3, 0.4) is 0 Å². The third kappa shape index (κ3) is 5.52. The highest BCUT2D eigenvalue weighted by atomic mass is 35.5. The normalized spacial score (nSPS) is 16.9. The first-order valence-corrected chi connectivity index (χ1v) is 10.1. The lowest BCUT2D eigenvalue weighted by Crippen LogP contribution is -2.45. The monoisotopic (exact) mass is 401 g/mol. The second-order valence-corrected chi connectivity index (χ2v) is 7.12. The number of anilines is 1. The number of aromatic nitrogens is 1. The fourth-order valence-corrected chi connectivity index (χ4v) is 3.59. The van der Waals surface area contributed by atoms with Crippen LogP contribution in [0.15, 0.2) is 47.6 Å². The highest BCUT2D eigenvalue weighted by molar-refractivity contribution is 6.32. The average molecular weight is 402 g/mol. The molecule has 0 amide bonds. The second-order valence-electron chi connectivity index (χ2n) is 6.71. The summed E-state index contributed by atoms with van der Waals surface area (Å²) in [5.74, 6) is 2.59. The van der Waals surface area contributed by atoms with Gasteiger partial charge < -0.3 is 20.3 Å². The lowest BCUT2D eigenvalue weighted by Gasteiger charge is -2.20. The highest BCUT2D eigenvalue weighted by Gasteiger charge is 2.25. The Kier molecular flexibility index (Phi) is 7.37. The minimum absolute atomic E-state index is 0.311. The number of pyridine rings is 1. The van der Waals surface area contributed by atoms with Crippen LogP contribution in [0.1, 0.15) is 18.9 Å². The molecule has 7 heteroatoms. The number of nitrogens with zero attached hydrogens (tertiary/aromatic N) is 3. The molecule has 1 atom stereocenters. The van der Waals surface area contributed by atoms with Gasteiger partial charge in [-0.25, -0.2) is 4.98 Å². The Bertz CT molecular complexity index is 798. The van der Waals surface area contributed by atoms with Gasteiger partial charge in [0.05, 0.1) is 11.6 Å². The van der Waals surface area contributed by atoms with Crippen LogP contribution in [0, 0.1) is 0 Å². The number of guanidine groups is 1. The maximum atomic E-state index is 6.27. The van der Waals surface area contributed by atoms with Crippen molar-refractivity contribution in [3.05, 3.63) is 53.2 Å². The fourth-order valence-electron chi connectivity index (χ4n) is 3.35. The molecule has 1 aromatic heterocycles. The summed E-state index contributed by atoms with van der Waals surface area (Å²) in [7, 11) is 1.80. The topological polar surface area (TPSA) is 61.8 Å². The lowest BCUT2D eigenvalue weighted by atomic mass is 10.1. The predicted octanol–water partition coefficient (Wildman–Crippen LogP) is 3.12. The first kappa shape index (κ1) is 20.3. The van der Waals surface area contributed by atoms with E-state index in [2.05, 4.69) is 37.6 Å². The first-order valence-electron chi connectivity index (χ1n) is 9.74. The quantitative estimate of drug-likeness (QED) is 0.551. The fraction of sp³-hybridized carbons (Fsp3) is 0.429. The van der Waals surface area contributed by atoms with Crippen LogP contribution in [0.4, 0.5) is 5.82 Å². The molecule has 6 nitrogen and oxygen atoms in total. The molecule has 2 aromatic rings. The van der Waals surface area contributed by atoms with E-state index in [0.29, 0.717) is 17.7 Å². The smallest absolute Gasteiger partial charge is 0.191 e. The molecule has 1 saturated heterocycles. The molecule has 2 N–H and O–H groups in total. The van der Waals surface area contributed by atoms with E-state index in [1.54, 1.807) is 13.2 Å². The van der Waals surface area contributed by atoms with Gasteiger partial charge in [0.25, 0.3) is 0 Å². The first-order chi connectivity index (χ1) is 13.7. The van der Waals surface area contributed by atoms with Crippen LogP contribution < -0.4 is 20.3 Å². The van der Waals surface area contributed by atoms with Crippen molar-refractivity contribution in [2.24, 2.45) is 4.99 Å². The van der Waals surface area contributed by atoms with Gasteiger partial charge in [0.2, 0.25) is 0 Å². The van der Waals surface area contributed by atoms with Crippen molar-refractivity contribution in [1.29, 1.82) is 0 Å². The second kappa shape index (κ2) is 10.2. The van der Waals surface area contributed by atoms with Crippen molar-refractivity contribution in [2.75, 3.05) is 38.2 Å². The number of hydrogen-bond acceptors (Lipinski definition) is 4. The summed E-state index contributed by atoms with van der Waals surface area (Å²) in [6, 6.07) is 12.3. The van der Waals surface area contributed by atoms with E-state index in [1.807, 2.05) is 31.2 Å². The third-order valence-electron chi connectivity index (χ3n) is 4.71. The number of halogens is 1. The molecule has 0 saturated carbocycles. The lowest BCUT2D eigenvalue weighted by molar-refractivity contribution is 0.340. The number of hydrogen-bond donors (Lipinski definition) is 2. The molecule has 0 bridgehead atoms. The van der Waals surface area contributed by atoms with Crippen molar-refractivity contribution < 1.29 is 4.74 Å². The van der Waals surface area contributed by atoms with Crippen molar-refractivity contribution in [1.82, 2.24) is 15.6 Å². The summed E-state index contributed by atoms with van der Waals surface area (Å²) in [5.41, 5.74) is 1.24. The zero-order valence-corrected chi connectivity index (χ0v) is 17.2. The van der Waals surface area contributed by atoms with E-state index in [1.165, 1.54) is 5.56 Å². The summed E-state index contributed by atoms with van der Waals surface area (Å²) in [5, 5.41) is 7.60. The van der Waals surface area contributed by atoms with Gasteiger partial charge in [-0.05, 0) is 49.6 Å². The molecule has 28 heavy (non-hydrogen) atoms. The van der Waals surface area contributed by atoms with Crippen LogP contribution in [0.25, 0.3) is 0 Å². The van der Waals surface area contributed by atoms with Crippen LogP contribution in [0.2, 0.25) is 5.02 Å². The molecule has 2 heterocycles. The molecule has 1 aliphatic heterocycles. The van der Waals surface area contributed by atoms with Gasteiger partial charge in [0, 0.05) is 38.9 Å². The minimum atomic E-state index is 0.311. The van der Waals surface area contributed by atoms with Crippen LogP contribution in [0.5, 0.6) is 5.75 Å². The molecule has 1 aliphatic rings. The summed E-state index contributed by atoms with van der Waals surface area (Å²) >= 11 is 6.27. The minimum Gasteiger partial charge on any atom is -0.494 e. The van der Waals surface area contributed by atoms with Crippen LogP contribution >= 0.6 is 11.6 Å². The Hall–Kier alpha value is -2.47. The maximum Gasteiger partial charge on any atom is 0.191 e. The van der Waals surface area contributed by atoms with Gasteiger partial charge in [-0.3, -0.25) is 4.99 Å². The van der Waals surface area contributed by atoms with Crippen molar-refractivity contribution in [3.63, 3.8) is 0 Å². The standard InChI is InChI=1S/C21H28ClN5O/c1-3-28-18-7-4-6-16(14-18)9-12-25-21(23-2)26-17-10-13-27(15-17)20-19(22)8-5-11-24-20/h4-8,11,14,17H,3,9-10,12-13,15H2,1-2H3,(H2,23,25,26). The largest absolute Gasteiger partial charge is 0.494 e. The zero-order valence-electron chi connectivity index (χ0n) is 16.5. The van der Waals surface area contributed by atoms with Crippen molar-refractivity contribution in [2.45, 2.75) is 25.8 Å². The van der Waals surface area contributed by atoms with E-state index in [-0.39, 0.29) is 0 Å². The molecule has 3 rings (SSSR count). The van der Waals surface area contributed by atoms with E-state index in [9.17, 15) is 0 Å². The van der Waals surface area contributed by atoms with Gasteiger partial charge in [-0.1, -0.05) is 23.7 Å². The molecule has 1 unspecified atom stereocenters. The molecule has 0 aliphatic carbocycles. The molecule has 1 aromatic carbocycles. The molecular weight excluding hydrogens is 374 g/mol. The summed E-state index contributed by atoms with van der Waals surface area (Å²) < 4.78 is 5.56. The van der Waals surface area contributed by atoms with Gasteiger partial charge in [0.1, 0.15) is 11.6 Å². The Balaban J connectivity index is 1.46. The summed E-state index contributed by atoms with van der Waals surface area (Å²) in [6.07, 6.45) is 3.70. The van der Waals surface area contributed by atoms with Gasteiger partial charge in [0.15, 0.2) is 5.96 Å². The van der Waals surface area contributed by atoms with E-state index in [0.717, 1.165) is 50.0 Å². The van der Waals surface area contributed by atoms with Crippen LogP contribution in [-0.2, 0) is 6.42 Å². The Morgan fingerprint density at radius 2 is 2.25 bits per heavy atom. The van der Waals surface area contributed by atoms with Gasteiger partial charge in [-0.15, -0.1) is 0 Å². The zero-order chi connectivity index (χ0) is 19.8. The number of ether oxygens (including phenoxy) is 1. The Labute approximate surface area is 172 Å². The molecule has 150 valence electrons. The Morgan fingerprint density at radius 1 is 1.36 bits per heavy atom. The molecule has 1 fully saturated rings. The third-order valence-corrected chi connectivity index (χ3v) is 5.00. The molecule has 0 radical (unpaired) electrons. The maximum absolute atomic E-state index is 6.27. The summed E-state index contributed by atoms with van der Waals surface area (Å²) in [4.78, 5) is 11.0. The van der Waals surface area contributed by atoms with Crippen molar-refractivity contribution in [3.8, 4) is 5.75 Å². The number of nitrogens with one attached hydrogen (secondary N) is 2. The number of aliphatic imine (C=N–C) groups is 1. The van der Waals surface area contributed by atoms with E-state index < -0.39 is 0 Å². The number of rotatable bonds is 7. The molecular formula is C21H28ClN5O. The summed E-state index contributed by atoms with van der Waals surface area (Å²) in [6.45, 7) is 5.26. The van der Waals surface area contributed by atoms with E-state index >= 15 is 0 Å². The molecule has 0 spiro atoms. The SMILES string of the molecule is CCOc1cccc(CCNC(=NC)NC2CCN(c3ncccc3Cl)C2)c1. The average Bonchev–Trinajstić information content (AvgIpc) is 3.16. The van der Waals surface area contributed by atoms with Crippen molar-refractivity contribution >= 4 is 23.4 Å². The van der Waals surface area contributed by atoms with Crippen LogP contribution in [-0.4, -0.2) is 50.3 Å².